The zero-order chi connectivity index (χ0) is 16.7. The van der Waals surface area contributed by atoms with Gasteiger partial charge in [-0.3, -0.25) is 9.80 Å². The van der Waals surface area contributed by atoms with E-state index in [0.29, 0.717) is 6.04 Å². The van der Waals surface area contributed by atoms with Crippen LogP contribution >= 0.6 is 0 Å². The molecule has 1 aromatic rings. The number of carbonyl (C=O) groups excluding carboxylic acids is 1. The van der Waals surface area contributed by atoms with E-state index >= 15 is 0 Å². The minimum Gasteiger partial charge on any atom is -0.365 e. The summed E-state index contributed by atoms with van der Waals surface area (Å²) in [4.78, 5) is 16.4. The number of rotatable bonds is 3. The molecule has 0 saturated carbocycles. The Morgan fingerprint density at radius 2 is 2.04 bits per heavy atom. The smallest absolute Gasteiger partial charge is 0.327 e. The molecule has 2 atom stereocenters. The summed E-state index contributed by atoms with van der Waals surface area (Å²) in [5.74, 6) is 0. The van der Waals surface area contributed by atoms with Gasteiger partial charge in [0.25, 0.3) is 0 Å². The van der Waals surface area contributed by atoms with Crippen LogP contribution < -0.4 is 21.3 Å². The highest BCUT2D eigenvalue weighted by atomic mass is 16.2. The van der Waals surface area contributed by atoms with Crippen molar-refractivity contribution in [3.8, 4) is 0 Å². The first kappa shape index (κ1) is 15.2. The fourth-order valence-corrected chi connectivity index (χ4v) is 3.54. The van der Waals surface area contributed by atoms with Crippen LogP contribution in [0.25, 0.3) is 0 Å². The highest BCUT2D eigenvalue weighted by molar-refractivity contribution is 5.96. The summed E-state index contributed by atoms with van der Waals surface area (Å²) in [6, 6.07) is 8.37. The van der Waals surface area contributed by atoms with E-state index in [4.69, 9.17) is 5.73 Å². The number of nitrogens with one attached hydrogen (secondary N) is 2. The molecule has 0 radical (unpaired) electrons. The molecule has 0 aliphatic carbocycles. The molecule has 0 spiro atoms. The highest BCUT2D eigenvalue weighted by Crippen LogP contribution is 2.24. The molecule has 3 aliphatic heterocycles. The van der Waals surface area contributed by atoms with Gasteiger partial charge in [0, 0.05) is 43.1 Å². The van der Waals surface area contributed by atoms with Gasteiger partial charge >= 0.3 is 6.03 Å². The van der Waals surface area contributed by atoms with Crippen LogP contribution in [0.2, 0.25) is 0 Å². The summed E-state index contributed by atoms with van der Waals surface area (Å²) in [6.45, 7) is 4.93. The fourth-order valence-electron chi connectivity index (χ4n) is 3.54. The summed E-state index contributed by atoms with van der Waals surface area (Å²) in [6.07, 6.45) is 4.93. The van der Waals surface area contributed by atoms with Gasteiger partial charge in [0.05, 0.1) is 5.69 Å². The van der Waals surface area contributed by atoms with Crippen molar-refractivity contribution in [3.05, 3.63) is 53.4 Å². The predicted octanol–water partition coefficient (Wildman–Crippen LogP) is 1.47. The van der Waals surface area contributed by atoms with Crippen LogP contribution in [0.5, 0.6) is 0 Å². The lowest BCUT2D eigenvalue weighted by Crippen LogP contribution is -2.51. The van der Waals surface area contributed by atoms with Gasteiger partial charge in [-0.2, -0.15) is 0 Å². The van der Waals surface area contributed by atoms with E-state index in [2.05, 4.69) is 33.7 Å². The molecule has 1 fully saturated rings. The second-order valence-corrected chi connectivity index (χ2v) is 6.80. The lowest BCUT2D eigenvalue weighted by molar-refractivity contribution is 0.243. The van der Waals surface area contributed by atoms with Crippen molar-refractivity contribution < 1.29 is 4.79 Å². The largest absolute Gasteiger partial charge is 0.365 e. The highest BCUT2D eigenvalue weighted by Gasteiger charge is 2.29. The van der Waals surface area contributed by atoms with Gasteiger partial charge in [-0.1, -0.05) is 12.1 Å². The van der Waals surface area contributed by atoms with E-state index in [1.807, 2.05) is 25.3 Å². The number of anilines is 1. The van der Waals surface area contributed by atoms with Gasteiger partial charge in [-0.15, -0.1) is 0 Å². The molecular formula is C18H23N5O. The Morgan fingerprint density at radius 1 is 1.25 bits per heavy atom. The van der Waals surface area contributed by atoms with Crippen molar-refractivity contribution >= 4 is 11.7 Å². The predicted molar refractivity (Wildman–Crippen MR) is 94.1 cm³/mol. The number of likely N-dealkylation sites (tertiary alicyclic amines) is 1. The van der Waals surface area contributed by atoms with Crippen molar-refractivity contribution in [2.24, 2.45) is 5.73 Å². The summed E-state index contributed by atoms with van der Waals surface area (Å²) in [5, 5.41) is 6.20. The van der Waals surface area contributed by atoms with Crippen LogP contribution in [-0.4, -0.2) is 36.2 Å². The number of hydrogen-bond acceptors (Lipinski definition) is 4. The molecule has 4 N–H and O–H groups in total. The van der Waals surface area contributed by atoms with E-state index in [1.54, 1.807) is 4.90 Å². The number of urea groups is 1. The molecule has 0 bridgehead atoms. The number of benzene rings is 1. The van der Waals surface area contributed by atoms with Gasteiger partial charge in [0.2, 0.25) is 0 Å². The summed E-state index contributed by atoms with van der Waals surface area (Å²) >= 11 is 0. The molecule has 6 nitrogen and oxygen atoms in total. The zero-order valence-electron chi connectivity index (χ0n) is 13.8. The van der Waals surface area contributed by atoms with Crippen molar-refractivity contribution in [3.63, 3.8) is 0 Å². The number of hydrogen-bond donors (Lipinski definition) is 3. The molecule has 4 rings (SSSR count). The molecule has 1 aromatic carbocycles. The van der Waals surface area contributed by atoms with E-state index in [-0.39, 0.29) is 12.2 Å². The van der Waals surface area contributed by atoms with E-state index in [1.165, 1.54) is 5.56 Å². The van der Waals surface area contributed by atoms with Crippen molar-refractivity contribution in [2.45, 2.75) is 32.1 Å². The van der Waals surface area contributed by atoms with Gasteiger partial charge in [-0.25, -0.2) is 4.79 Å². The fraction of sp³-hybridized carbons (Fsp3) is 0.389. The molecule has 2 amide bonds. The maximum Gasteiger partial charge on any atom is 0.327 e. The van der Waals surface area contributed by atoms with Gasteiger partial charge in [0.1, 0.15) is 6.17 Å². The van der Waals surface area contributed by atoms with E-state index < -0.39 is 0 Å². The molecule has 1 saturated heterocycles. The zero-order valence-corrected chi connectivity index (χ0v) is 13.8. The Bertz CT molecular complexity index is 709. The standard InChI is InChI=1S/C18H23N5O/c1-12-8-14-10-23(18(24)21-17(14)20-12)16-4-2-13(3-5-16)9-22-7-6-15(19)11-22/h2-5,8,10,15,17,20H,6-7,9,11,19H2,1H3,(H,21,24). The van der Waals surface area contributed by atoms with Crippen LogP contribution in [0.3, 0.4) is 0 Å². The minimum absolute atomic E-state index is 0.104. The van der Waals surface area contributed by atoms with Gasteiger partial charge < -0.3 is 16.4 Å². The average Bonchev–Trinajstić information content (AvgIpc) is 3.11. The Kier molecular flexibility index (Phi) is 3.78. The molecular weight excluding hydrogens is 302 g/mol. The van der Waals surface area contributed by atoms with Crippen LogP contribution in [-0.2, 0) is 6.54 Å². The first-order valence-electron chi connectivity index (χ1n) is 8.42. The van der Waals surface area contributed by atoms with E-state index in [9.17, 15) is 4.79 Å². The van der Waals surface area contributed by atoms with E-state index in [0.717, 1.165) is 43.0 Å². The maximum atomic E-state index is 12.3. The molecule has 3 heterocycles. The third-order valence-corrected chi connectivity index (χ3v) is 4.78. The quantitative estimate of drug-likeness (QED) is 0.787. The summed E-state index contributed by atoms with van der Waals surface area (Å²) < 4.78 is 0. The van der Waals surface area contributed by atoms with Crippen molar-refractivity contribution in [1.82, 2.24) is 15.5 Å². The first-order valence-corrected chi connectivity index (χ1v) is 8.42. The third kappa shape index (κ3) is 2.90. The first-order chi connectivity index (χ1) is 11.6. The summed E-state index contributed by atoms with van der Waals surface area (Å²) in [7, 11) is 0. The second kappa shape index (κ2) is 5.96. The number of nitrogens with two attached hydrogens (primary N) is 1. The molecule has 0 aromatic heterocycles. The number of amides is 2. The number of fused-ring (bicyclic) bond motifs is 1. The van der Waals surface area contributed by atoms with Crippen LogP contribution in [0.1, 0.15) is 18.9 Å². The molecule has 126 valence electrons. The topological polar surface area (TPSA) is 73.6 Å². The van der Waals surface area contributed by atoms with Gasteiger partial charge in [-0.05, 0) is 37.1 Å². The van der Waals surface area contributed by atoms with Crippen molar-refractivity contribution in [2.75, 3.05) is 18.0 Å². The Labute approximate surface area is 142 Å². The lowest BCUT2D eigenvalue weighted by Gasteiger charge is -2.29. The Balaban J connectivity index is 1.49. The molecule has 3 aliphatic rings. The Morgan fingerprint density at radius 3 is 2.75 bits per heavy atom. The summed E-state index contributed by atoms with van der Waals surface area (Å²) in [5.41, 5.74) is 10.2. The molecule has 6 heteroatoms. The molecule has 2 unspecified atom stereocenters. The SMILES string of the molecule is CC1=CC2=CN(c3ccc(CN4CCC(N)C4)cc3)C(=O)NC2N1. The van der Waals surface area contributed by atoms with Crippen LogP contribution in [0.4, 0.5) is 10.5 Å². The second-order valence-electron chi connectivity index (χ2n) is 6.80. The number of carbonyl (C=O) groups is 1. The monoisotopic (exact) mass is 325 g/mol. The minimum atomic E-state index is -0.113. The maximum absolute atomic E-state index is 12.3. The molecule has 24 heavy (non-hydrogen) atoms. The number of nitrogens with zero attached hydrogens (tertiary/aromatic N) is 2. The van der Waals surface area contributed by atoms with Crippen LogP contribution in [0.15, 0.2) is 47.8 Å². The lowest BCUT2D eigenvalue weighted by atomic mass is 10.1. The van der Waals surface area contributed by atoms with Gasteiger partial charge in [0.15, 0.2) is 0 Å². The number of allylic oxidation sites excluding steroid dienone is 1. The average molecular weight is 325 g/mol. The third-order valence-electron chi connectivity index (χ3n) is 4.78. The van der Waals surface area contributed by atoms with Crippen LogP contribution in [0, 0.1) is 0 Å². The normalized spacial score (nSPS) is 26.6. The Hall–Kier alpha value is -2.31. The van der Waals surface area contributed by atoms with Crippen molar-refractivity contribution in [1.29, 1.82) is 0 Å².